The molecule has 0 aliphatic heterocycles. The number of rotatable bonds is 6. The lowest BCUT2D eigenvalue weighted by atomic mass is 9.99. The van der Waals surface area contributed by atoms with E-state index in [4.69, 9.17) is 5.73 Å². The summed E-state index contributed by atoms with van der Waals surface area (Å²) in [5, 5.41) is 2.31. The molecule has 206 valence electrons. The van der Waals surface area contributed by atoms with Gasteiger partial charge in [0, 0.05) is 33.9 Å². The van der Waals surface area contributed by atoms with Crippen molar-refractivity contribution in [2.75, 3.05) is 0 Å². The molecular weight excluding hydrogens is 522 g/mol. The minimum Gasteiger partial charge on any atom is -0.398 e. The highest BCUT2D eigenvalue weighted by Gasteiger charge is 2.15. The molecule has 3 heteroatoms. The van der Waals surface area contributed by atoms with Crippen LogP contribution in [0.2, 0.25) is 0 Å². The summed E-state index contributed by atoms with van der Waals surface area (Å²) in [6.45, 7) is 1.99. The van der Waals surface area contributed by atoms with Crippen molar-refractivity contribution in [3.05, 3.63) is 163 Å². The van der Waals surface area contributed by atoms with Gasteiger partial charge in [-0.25, -0.2) is 0 Å². The van der Waals surface area contributed by atoms with Crippen LogP contribution in [0.3, 0.4) is 0 Å². The van der Waals surface area contributed by atoms with Gasteiger partial charge in [-0.15, -0.1) is 0 Å². The van der Waals surface area contributed by atoms with Crippen LogP contribution < -0.4 is 5.73 Å². The molecule has 0 saturated carbocycles. The van der Waals surface area contributed by atoms with E-state index in [-0.39, 0.29) is 0 Å². The van der Waals surface area contributed by atoms with Crippen molar-refractivity contribution >= 4 is 27.5 Å². The first-order valence-corrected chi connectivity index (χ1v) is 14.5. The number of benzene rings is 5. The Hall–Kier alpha value is -5.67. The van der Waals surface area contributed by atoms with Gasteiger partial charge < -0.3 is 10.3 Å². The third-order valence-electron chi connectivity index (χ3n) is 7.93. The average molecular weight is 554 g/mol. The molecular formula is C40H31N3. The van der Waals surface area contributed by atoms with Gasteiger partial charge in [-0.2, -0.15) is 0 Å². The summed E-state index contributed by atoms with van der Waals surface area (Å²) >= 11 is 0. The molecule has 7 aromatic rings. The summed E-state index contributed by atoms with van der Waals surface area (Å²) in [4.78, 5) is 4.61. The molecule has 0 bridgehead atoms. The third-order valence-corrected chi connectivity index (χ3v) is 7.93. The Balaban J connectivity index is 1.41. The van der Waals surface area contributed by atoms with Gasteiger partial charge >= 0.3 is 0 Å². The topological polar surface area (TPSA) is 43.8 Å². The maximum absolute atomic E-state index is 6.49. The normalized spacial score (nSPS) is 12.0. The minimum atomic E-state index is 0.738. The van der Waals surface area contributed by atoms with Crippen molar-refractivity contribution in [3.63, 3.8) is 0 Å². The van der Waals surface area contributed by atoms with Crippen LogP contribution >= 0.6 is 0 Å². The first-order chi connectivity index (χ1) is 21.2. The molecule has 0 aliphatic carbocycles. The summed E-state index contributed by atoms with van der Waals surface area (Å²) in [7, 11) is 0. The molecule has 0 radical (unpaired) electrons. The zero-order valence-corrected chi connectivity index (χ0v) is 24.0. The van der Waals surface area contributed by atoms with E-state index in [1.807, 2.05) is 43.5 Å². The summed E-state index contributed by atoms with van der Waals surface area (Å²) in [6, 6.07) is 47.2. The summed E-state index contributed by atoms with van der Waals surface area (Å²) in [5.41, 5.74) is 18.4. The molecule has 0 unspecified atom stereocenters. The number of fused-ring (bicyclic) bond motifs is 3. The fourth-order valence-electron chi connectivity index (χ4n) is 5.80. The quantitative estimate of drug-likeness (QED) is 0.208. The molecule has 43 heavy (non-hydrogen) atoms. The monoisotopic (exact) mass is 553 g/mol. The molecule has 0 aliphatic rings. The van der Waals surface area contributed by atoms with E-state index < -0.39 is 0 Å². The molecule has 0 spiro atoms. The van der Waals surface area contributed by atoms with Gasteiger partial charge in [0.25, 0.3) is 0 Å². The average Bonchev–Trinajstić information content (AvgIpc) is 3.41. The number of allylic oxidation sites excluding steroid dienone is 3. The first kappa shape index (κ1) is 26.2. The van der Waals surface area contributed by atoms with Crippen molar-refractivity contribution < 1.29 is 0 Å². The van der Waals surface area contributed by atoms with E-state index in [1.54, 1.807) is 0 Å². The highest BCUT2D eigenvalue weighted by atomic mass is 15.0. The highest BCUT2D eigenvalue weighted by molar-refractivity contribution is 6.11. The molecule has 2 aromatic heterocycles. The number of hydrogen-bond acceptors (Lipinski definition) is 2. The predicted molar refractivity (Wildman–Crippen MR) is 182 cm³/mol. The minimum absolute atomic E-state index is 0.738. The van der Waals surface area contributed by atoms with Crippen molar-refractivity contribution in [1.29, 1.82) is 0 Å². The van der Waals surface area contributed by atoms with Gasteiger partial charge in [0.1, 0.15) is 0 Å². The van der Waals surface area contributed by atoms with Crippen LogP contribution in [0.5, 0.6) is 0 Å². The maximum atomic E-state index is 6.49. The molecule has 0 fully saturated rings. The van der Waals surface area contributed by atoms with Gasteiger partial charge in [-0.1, -0.05) is 91.0 Å². The van der Waals surface area contributed by atoms with Crippen molar-refractivity contribution in [3.8, 4) is 39.2 Å². The Morgan fingerprint density at radius 3 is 2.05 bits per heavy atom. The highest BCUT2D eigenvalue weighted by Crippen LogP contribution is 2.37. The summed E-state index contributed by atoms with van der Waals surface area (Å²) in [6.07, 6.45) is 7.75. The zero-order valence-electron chi connectivity index (χ0n) is 24.0. The lowest BCUT2D eigenvalue weighted by molar-refractivity contribution is 1.18. The Morgan fingerprint density at radius 2 is 1.28 bits per heavy atom. The number of nitrogens with zero attached hydrogens (tertiary/aromatic N) is 2. The molecule has 3 nitrogen and oxygen atoms in total. The molecule has 2 N–H and O–H groups in total. The van der Waals surface area contributed by atoms with Crippen LogP contribution in [0, 0.1) is 0 Å². The standard InChI is InChI=1S/C40H31N3/c1-2-3-17-37(41)32-19-21-39-35(26-32)36-27-33(38-18-7-8-23-42-38)20-22-40(36)43(39)34-16-10-15-31(25-34)30-14-9-13-29(24-30)28-11-5-4-6-12-28/h2-27H,41H2,1H3/b3-2-,37-17-. The van der Waals surface area contributed by atoms with Crippen molar-refractivity contribution in [1.82, 2.24) is 9.55 Å². The Bertz CT molecular complexity index is 2130. The Morgan fingerprint density at radius 1 is 0.605 bits per heavy atom. The lowest BCUT2D eigenvalue weighted by Crippen LogP contribution is -1.97. The van der Waals surface area contributed by atoms with Crippen LogP contribution in [0.1, 0.15) is 12.5 Å². The molecule has 0 saturated heterocycles. The summed E-state index contributed by atoms with van der Waals surface area (Å²) in [5.74, 6) is 0. The summed E-state index contributed by atoms with van der Waals surface area (Å²) < 4.78 is 2.35. The number of pyridine rings is 1. The van der Waals surface area contributed by atoms with E-state index in [2.05, 4.69) is 131 Å². The van der Waals surface area contributed by atoms with Gasteiger partial charge in [0.05, 0.1) is 16.7 Å². The van der Waals surface area contributed by atoms with E-state index in [0.717, 1.165) is 50.0 Å². The van der Waals surface area contributed by atoms with E-state index in [0.29, 0.717) is 0 Å². The second-order valence-electron chi connectivity index (χ2n) is 10.7. The zero-order chi connectivity index (χ0) is 29.2. The molecule has 0 atom stereocenters. The molecule has 7 rings (SSSR count). The van der Waals surface area contributed by atoms with Gasteiger partial charge in [0.2, 0.25) is 0 Å². The van der Waals surface area contributed by atoms with E-state index in [9.17, 15) is 0 Å². The van der Waals surface area contributed by atoms with Gasteiger partial charge in [-0.05, 0) is 95.4 Å². The molecule has 0 amide bonds. The van der Waals surface area contributed by atoms with Crippen molar-refractivity contribution in [2.45, 2.75) is 6.92 Å². The van der Waals surface area contributed by atoms with E-state index in [1.165, 1.54) is 22.3 Å². The Labute approximate surface area is 251 Å². The van der Waals surface area contributed by atoms with Crippen LogP contribution in [0.25, 0.3) is 66.7 Å². The number of nitrogens with two attached hydrogens (primary N) is 1. The fourth-order valence-corrected chi connectivity index (χ4v) is 5.80. The van der Waals surface area contributed by atoms with Crippen LogP contribution in [0.4, 0.5) is 0 Å². The van der Waals surface area contributed by atoms with Crippen LogP contribution in [-0.2, 0) is 0 Å². The van der Waals surface area contributed by atoms with Gasteiger partial charge in [0.15, 0.2) is 0 Å². The fraction of sp³-hybridized carbons (Fsp3) is 0.0250. The predicted octanol–water partition coefficient (Wildman–Crippen LogP) is 10.1. The number of hydrogen-bond donors (Lipinski definition) is 1. The second-order valence-corrected chi connectivity index (χ2v) is 10.7. The third kappa shape index (κ3) is 5.02. The smallest absolute Gasteiger partial charge is 0.0702 e. The molecule has 5 aromatic carbocycles. The van der Waals surface area contributed by atoms with Crippen LogP contribution in [0.15, 0.2) is 158 Å². The SMILES string of the molecule is C/C=C\C=C(/N)c1ccc2c(c1)c1cc(-c3ccccn3)ccc1n2-c1cccc(-c2cccc(-c3ccccc3)c2)c1. The lowest BCUT2D eigenvalue weighted by Gasteiger charge is -2.12. The second kappa shape index (κ2) is 11.3. The van der Waals surface area contributed by atoms with Crippen LogP contribution in [-0.4, -0.2) is 9.55 Å². The van der Waals surface area contributed by atoms with Gasteiger partial charge in [-0.3, -0.25) is 4.98 Å². The molecule has 2 heterocycles. The first-order valence-electron chi connectivity index (χ1n) is 14.5. The Kier molecular flexibility index (Phi) is 6.90. The van der Waals surface area contributed by atoms with E-state index >= 15 is 0 Å². The largest absolute Gasteiger partial charge is 0.398 e. The van der Waals surface area contributed by atoms with Crippen molar-refractivity contribution in [2.24, 2.45) is 5.73 Å². The maximum Gasteiger partial charge on any atom is 0.0702 e. The number of aromatic nitrogens is 2.